The van der Waals surface area contributed by atoms with Crippen molar-refractivity contribution in [1.29, 1.82) is 0 Å². The van der Waals surface area contributed by atoms with E-state index in [1.165, 1.54) is 17.7 Å². The van der Waals surface area contributed by atoms with E-state index in [2.05, 4.69) is 4.98 Å². The van der Waals surface area contributed by atoms with Crippen molar-refractivity contribution in [3.8, 4) is 11.5 Å². The third kappa shape index (κ3) is 5.00. The molecule has 0 spiro atoms. The van der Waals surface area contributed by atoms with Gasteiger partial charge in [-0.3, -0.25) is 9.36 Å². The second-order valence-electron chi connectivity index (χ2n) is 8.04. The van der Waals surface area contributed by atoms with E-state index in [0.29, 0.717) is 33.0 Å². The zero-order valence-corrected chi connectivity index (χ0v) is 19.8. The number of fused-ring (bicyclic) bond motifs is 1. The molecule has 5 rings (SSSR count). The summed E-state index contributed by atoms with van der Waals surface area (Å²) in [6.07, 6.45) is 1.52. The van der Waals surface area contributed by atoms with Crippen LogP contribution in [-0.2, 0) is 17.9 Å². The second-order valence-corrected chi connectivity index (χ2v) is 9.04. The van der Waals surface area contributed by atoms with E-state index in [1.54, 1.807) is 11.5 Å². The maximum atomic E-state index is 13.3. The Morgan fingerprint density at radius 2 is 1.60 bits per heavy atom. The first-order valence-corrected chi connectivity index (χ1v) is 11.9. The van der Waals surface area contributed by atoms with Gasteiger partial charge < -0.3 is 9.47 Å². The Kier molecular flexibility index (Phi) is 6.41. The highest BCUT2D eigenvalue weighted by Gasteiger charge is 2.21. The van der Waals surface area contributed by atoms with Crippen LogP contribution in [0.2, 0.25) is 0 Å². The smallest absolute Gasteiger partial charge is 0.349 e. The number of para-hydroxylation sites is 1. The van der Waals surface area contributed by atoms with Crippen molar-refractivity contribution in [3.63, 3.8) is 0 Å². The average molecular weight is 483 g/mol. The predicted molar refractivity (Wildman–Crippen MR) is 136 cm³/mol. The molecule has 0 aliphatic carbocycles. The summed E-state index contributed by atoms with van der Waals surface area (Å²) in [5.41, 5.74) is 2.20. The lowest BCUT2D eigenvalue weighted by atomic mass is 10.2. The molecule has 7 heteroatoms. The van der Waals surface area contributed by atoms with Crippen LogP contribution in [0.4, 0.5) is 0 Å². The molecule has 0 aliphatic rings. The quantitative estimate of drug-likeness (QED) is 0.268. The van der Waals surface area contributed by atoms with Crippen LogP contribution in [0.5, 0.6) is 11.5 Å². The number of hydrogen-bond acceptors (Lipinski definition) is 6. The van der Waals surface area contributed by atoms with Crippen LogP contribution >= 0.6 is 11.3 Å². The molecule has 0 bridgehead atoms. The number of nitrogens with zero attached hydrogens (tertiary/aromatic N) is 2. The van der Waals surface area contributed by atoms with Gasteiger partial charge in [0.1, 0.15) is 27.8 Å². The number of carbonyl (C=O) groups is 1. The summed E-state index contributed by atoms with van der Waals surface area (Å²) in [6, 6.07) is 26.6. The molecular weight excluding hydrogens is 460 g/mol. The van der Waals surface area contributed by atoms with E-state index in [4.69, 9.17) is 9.47 Å². The largest absolute Gasteiger partial charge is 0.457 e. The highest BCUT2D eigenvalue weighted by Crippen LogP contribution is 2.28. The number of benzene rings is 3. The molecule has 2 heterocycles. The fraction of sp³-hybridized carbons (Fsp3) is 0.107. The van der Waals surface area contributed by atoms with Gasteiger partial charge in [-0.1, -0.05) is 60.7 Å². The zero-order chi connectivity index (χ0) is 24.2. The molecule has 0 radical (unpaired) electrons. The van der Waals surface area contributed by atoms with E-state index in [-0.39, 0.29) is 12.2 Å². The summed E-state index contributed by atoms with van der Waals surface area (Å²) in [6.45, 7) is 2.27. The van der Waals surface area contributed by atoms with Crippen molar-refractivity contribution in [2.24, 2.45) is 0 Å². The third-order valence-corrected chi connectivity index (χ3v) is 6.73. The Morgan fingerprint density at radius 3 is 2.37 bits per heavy atom. The standard InChI is InChI=1S/C28H22N2O4S/c1-19-24-26(35-25(19)28(32)33-17-20-9-4-2-5-10-20)29-18-30(27(24)31)16-21-11-8-14-23(15-21)34-22-12-6-3-7-13-22/h2-15,18H,16-17H2,1H3. The number of aromatic nitrogens is 2. The summed E-state index contributed by atoms with van der Waals surface area (Å²) < 4.78 is 12.9. The topological polar surface area (TPSA) is 70.4 Å². The molecule has 5 aromatic rings. The van der Waals surface area contributed by atoms with Gasteiger partial charge in [0.05, 0.1) is 18.3 Å². The number of aryl methyl sites for hydroxylation is 1. The van der Waals surface area contributed by atoms with Gasteiger partial charge in [0.25, 0.3) is 5.56 Å². The number of ether oxygens (including phenoxy) is 2. The molecule has 0 saturated carbocycles. The Bertz CT molecular complexity index is 1540. The first-order chi connectivity index (χ1) is 17.1. The van der Waals surface area contributed by atoms with Gasteiger partial charge in [0, 0.05) is 0 Å². The molecular formula is C28H22N2O4S. The van der Waals surface area contributed by atoms with Crippen molar-refractivity contribution in [2.75, 3.05) is 0 Å². The maximum absolute atomic E-state index is 13.3. The molecule has 0 unspecified atom stereocenters. The number of carbonyl (C=O) groups excluding carboxylic acids is 1. The lowest BCUT2D eigenvalue weighted by molar-refractivity contribution is 0.0478. The monoisotopic (exact) mass is 482 g/mol. The van der Waals surface area contributed by atoms with Crippen LogP contribution in [-0.4, -0.2) is 15.5 Å². The van der Waals surface area contributed by atoms with Crippen LogP contribution in [0.15, 0.2) is 96.1 Å². The third-order valence-electron chi connectivity index (χ3n) is 5.55. The summed E-state index contributed by atoms with van der Waals surface area (Å²) in [5.74, 6) is 0.975. The highest BCUT2D eigenvalue weighted by atomic mass is 32.1. The first-order valence-electron chi connectivity index (χ1n) is 11.1. The van der Waals surface area contributed by atoms with E-state index in [0.717, 1.165) is 16.9 Å². The van der Waals surface area contributed by atoms with Crippen molar-refractivity contribution in [3.05, 3.63) is 123 Å². The van der Waals surface area contributed by atoms with Gasteiger partial charge in [-0.05, 0) is 47.9 Å². The Morgan fingerprint density at radius 1 is 0.914 bits per heavy atom. The van der Waals surface area contributed by atoms with Crippen LogP contribution in [0.3, 0.4) is 0 Å². The Hall–Kier alpha value is -4.23. The van der Waals surface area contributed by atoms with Crippen molar-refractivity contribution in [1.82, 2.24) is 9.55 Å². The van der Waals surface area contributed by atoms with Gasteiger partial charge in [-0.15, -0.1) is 11.3 Å². The minimum absolute atomic E-state index is 0.173. The molecule has 174 valence electrons. The summed E-state index contributed by atoms with van der Waals surface area (Å²) in [4.78, 5) is 31.4. The number of rotatable bonds is 7. The molecule has 0 N–H and O–H groups in total. The summed E-state index contributed by atoms with van der Waals surface area (Å²) in [7, 11) is 0. The van der Waals surface area contributed by atoms with Gasteiger partial charge in [-0.25, -0.2) is 9.78 Å². The average Bonchev–Trinajstić information content (AvgIpc) is 3.23. The molecule has 0 aliphatic heterocycles. The van der Waals surface area contributed by atoms with Crippen molar-refractivity contribution >= 4 is 27.5 Å². The highest BCUT2D eigenvalue weighted by molar-refractivity contribution is 7.20. The Balaban J connectivity index is 1.37. The predicted octanol–water partition coefficient (Wildman–Crippen LogP) is 5.96. The van der Waals surface area contributed by atoms with Crippen molar-refractivity contribution in [2.45, 2.75) is 20.1 Å². The molecule has 2 aromatic heterocycles. The number of esters is 1. The van der Waals surface area contributed by atoms with Gasteiger partial charge in [0.15, 0.2) is 0 Å². The first kappa shape index (κ1) is 22.6. The normalized spacial score (nSPS) is 10.9. The summed E-state index contributed by atoms with van der Waals surface area (Å²) >= 11 is 1.18. The Labute approximate surface area is 206 Å². The number of hydrogen-bond donors (Lipinski definition) is 0. The lowest BCUT2D eigenvalue weighted by Crippen LogP contribution is -2.21. The van der Waals surface area contributed by atoms with Crippen LogP contribution in [0, 0.1) is 6.92 Å². The van der Waals surface area contributed by atoms with Gasteiger partial charge in [-0.2, -0.15) is 0 Å². The van der Waals surface area contributed by atoms with Crippen LogP contribution in [0.1, 0.15) is 26.4 Å². The minimum atomic E-state index is -0.453. The van der Waals surface area contributed by atoms with E-state index >= 15 is 0 Å². The van der Waals surface area contributed by atoms with Gasteiger partial charge >= 0.3 is 5.97 Å². The van der Waals surface area contributed by atoms with E-state index in [9.17, 15) is 9.59 Å². The fourth-order valence-electron chi connectivity index (χ4n) is 3.78. The molecule has 0 saturated heterocycles. The van der Waals surface area contributed by atoms with Gasteiger partial charge in [0.2, 0.25) is 0 Å². The molecule has 3 aromatic carbocycles. The zero-order valence-electron chi connectivity index (χ0n) is 19.0. The van der Waals surface area contributed by atoms with Crippen LogP contribution in [0.25, 0.3) is 10.2 Å². The molecule has 0 atom stereocenters. The molecule has 35 heavy (non-hydrogen) atoms. The van der Waals surface area contributed by atoms with Crippen LogP contribution < -0.4 is 10.3 Å². The lowest BCUT2D eigenvalue weighted by Gasteiger charge is -2.09. The minimum Gasteiger partial charge on any atom is -0.457 e. The molecule has 0 amide bonds. The van der Waals surface area contributed by atoms with E-state index in [1.807, 2.05) is 84.9 Å². The second kappa shape index (κ2) is 9.95. The molecule has 6 nitrogen and oxygen atoms in total. The maximum Gasteiger partial charge on any atom is 0.349 e. The van der Waals surface area contributed by atoms with E-state index < -0.39 is 5.97 Å². The number of thiophene rings is 1. The molecule has 0 fully saturated rings. The SMILES string of the molecule is Cc1c(C(=O)OCc2ccccc2)sc2ncn(Cc3cccc(Oc4ccccc4)c3)c(=O)c12. The fourth-order valence-corrected chi connectivity index (χ4v) is 4.82. The summed E-state index contributed by atoms with van der Waals surface area (Å²) in [5, 5.41) is 0.445. The van der Waals surface area contributed by atoms with Crippen molar-refractivity contribution < 1.29 is 14.3 Å².